The average molecular weight is 329 g/mol. The van der Waals surface area contributed by atoms with E-state index in [0.717, 1.165) is 42.0 Å². The summed E-state index contributed by atoms with van der Waals surface area (Å²) in [6.07, 6.45) is 4.05. The summed E-state index contributed by atoms with van der Waals surface area (Å²) in [5.74, 6) is 0.380. The van der Waals surface area contributed by atoms with Gasteiger partial charge in [0.25, 0.3) is 0 Å². The van der Waals surface area contributed by atoms with Crippen molar-refractivity contribution in [3.63, 3.8) is 0 Å². The van der Waals surface area contributed by atoms with Crippen molar-refractivity contribution in [1.82, 2.24) is 5.32 Å². The van der Waals surface area contributed by atoms with Gasteiger partial charge in [-0.05, 0) is 24.8 Å². The van der Waals surface area contributed by atoms with E-state index < -0.39 is 6.03 Å². The summed E-state index contributed by atoms with van der Waals surface area (Å²) in [5.41, 5.74) is 2.01. The zero-order valence-electron chi connectivity index (χ0n) is 12.8. The number of carbonyl (C=O) groups is 2. The number of benzene rings is 1. The Morgan fingerprint density at radius 3 is 2.87 bits per heavy atom. The molecule has 1 atom stereocenters. The van der Waals surface area contributed by atoms with Gasteiger partial charge in [0.05, 0.1) is 10.8 Å². The van der Waals surface area contributed by atoms with Crippen molar-refractivity contribution in [3.8, 4) is 0 Å². The number of nitrogens with one attached hydrogen (secondary N) is 1. The largest absolute Gasteiger partial charge is 0.367 e. The first-order valence-corrected chi connectivity index (χ1v) is 8.84. The van der Waals surface area contributed by atoms with Gasteiger partial charge < -0.3 is 5.32 Å². The van der Waals surface area contributed by atoms with Crippen molar-refractivity contribution in [2.75, 3.05) is 5.75 Å². The van der Waals surface area contributed by atoms with E-state index in [2.05, 4.69) is 15.3 Å². The molecule has 6 heteroatoms. The Labute approximate surface area is 139 Å². The Morgan fingerprint density at radius 1 is 1.22 bits per heavy atom. The highest BCUT2D eigenvalue weighted by Gasteiger charge is 2.30. The molecule has 1 N–H and O–H groups in total. The fourth-order valence-electron chi connectivity index (χ4n) is 2.84. The van der Waals surface area contributed by atoms with Crippen LogP contribution in [0.5, 0.6) is 0 Å². The van der Waals surface area contributed by atoms with Gasteiger partial charge in [0.2, 0.25) is 5.91 Å². The third kappa shape index (κ3) is 4.28. The second-order valence-electron chi connectivity index (χ2n) is 5.69. The molecule has 1 unspecified atom stereocenters. The lowest BCUT2D eigenvalue weighted by Crippen LogP contribution is -2.32. The van der Waals surface area contributed by atoms with E-state index in [-0.39, 0.29) is 17.6 Å². The van der Waals surface area contributed by atoms with Crippen LogP contribution in [0.25, 0.3) is 0 Å². The fraction of sp³-hybridized carbons (Fsp3) is 0.412. The van der Waals surface area contributed by atoms with E-state index in [1.807, 2.05) is 30.3 Å². The lowest BCUT2D eigenvalue weighted by Gasteiger charge is -2.26. The molecule has 23 heavy (non-hydrogen) atoms. The van der Waals surface area contributed by atoms with E-state index in [1.165, 1.54) is 11.8 Å². The SMILES string of the molecule is O=C1N=C2CCCCC2C(SCC(=O)NCc2ccccc2)=N1. The van der Waals surface area contributed by atoms with Crippen molar-refractivity contribution >= 4 is 34.5 Å². The maximum Gasteiger partial charge on any atom is 0.367 e. The van der Waals surface area contributed by atoms with Gasteiger partial charge in [-0.2, -0.15) is 4.99 Å². The Bertz CT molecular complexity index is 655. The summed E-state index contributed by atoms with van der Waals surface area (Å²) in [6, 6.07) is 9.36. The second-order valence-corrected chi connectivity index (χ2v) is 6.68. The number of amides is 3. The van der Waals surface area contributed by atoms with Crippen molar-refractivity contribution in [2.45, 2.75) is 32.2 Å². The Kier molecular flexibility index (Phi) is 5.23. The molecule has 1 aliphatic heterocycles. The predicted octanol–water partition coefficient (Wildman–Crippen LogP) is 3.20. The highest BCUT2D eigenvalue weighted by molar-refractivity contribution is 8.14. The van der Waals surface area contributed by atoms with Crippen LogP contribution in [0.4, 0.5) is 4.79 Å². The molecule has 2 aliphatic rings. The van der Waals surface area contributed by atoms with Gasteiger partial charge in [0.15, 0.2) is 0 Å². The Hall–Kier alpha value is -1.95. The van der Waals surface area contributed by atoms with Crippen LogP contribution in [-0.4, -0.2) is 28.4 Å². The molecule has 0 spiro atoms. The van der Waals surface area contributed by atoms with Gasteiger partial charge in [0.1, 0.15) is 0 Å². The zero-order chi connectivity index (χ0) is 16.1. The van der Waals surface area contributed by atoms with E-state index in [4.69, 9.17) is 0 Å². The van der Waals surface area contributed by atoms with Crippen LogP contribution in [0.1, 0.15) is 31.2 Å². The van der Waals surface area contributed by atoms with Gasteiger partial charge in [-0.1, -0.05) is 36.8 Å². The topological polar surface area (TPSA) is 70.9 Å². The summed E-state index contributed by atoms with van der Waals surface area (Å²) in [7, 11) is 0. The first-order valence-electron chi connectivity index (χ1n) is 7.86. The maximum absolute atomic E-state index is 12.0. The highest BCUT2D eigenvalue weighted by atomic mass is 32.2. The average Bonchev–Trinajstić information content (AvgIpc) is 2.58. The molecule has 0 aromatic heterocycles. The number of carbonyl (C=O) groups excluding carboxylic acids is 2. The molecule has 1 saturated carbocycles. The molecule has 120 valence electrons. The normalized spacial score (nSPS) is 20.3. The van der Waals surface area contributed by atoms with E-state index >= 15 is 0 Å². The molecule has 1 aliphatic carbocycles. The number of thioether (sulfide) groups is 1. The van der Waals surface area contributed by atoms with Gasteiger partial charge in [0, 0.05) is 18.2 Å². The third-order valence-electron chi connectivity index (χ3n) is 4.00. The molecule has 3 rings (SSSR count). The summed E-state index contributed by atoms with van der Waals surface area (Å²) in [6.45, 7) is 0.516. The van der Waals surface area contributed by atoms with Crippen LogP contribution in [-0.2, 0) is 11.3 Å². The first-order chi connectivity index (χ1) is 11.2. The number of aliphatic imine (C=N–C) groups is 2. The predicted molar refractivity (Wildman–Crippen MR) is 93.0 cm³/mol. The Morgan fingerprint density at radius 2 is 2.04 bits per heavy atom. The number of urea groups is 1. The molecule has 3 amide bonds. The molecule has 0 saturated heterocycles. The summed E-state index contributed by atoms with van der Waals surface area (Å²) in [5, 5.41) is 3.65. The van der Waals surface area contributed by atoms with Crippen molar-refractivity contribution in [3.05, 3.63) is 35.9 Å². The van der Waals surface area contributed by atoms with Crippen LogP contribution in [0, 0.1) is 5.92 Å². The lowest BCUT2D eigenvalue weighted by molar-refractivity contribution is -0.118. The van der Waals surface area contributed by atoms with Gasteiger partial charge in [-0.3, -0.25) is 4.79 Å². The minimum Gasteiger partial charge on any atom is -0.351 e. The van der Waals surface area contributed by atoms with E-state index in [9.17, 15) is 9.59 Å². The molecule has 5 nitrogen and oxygen atoms in total. The van der Waals surface area contributed by atoms with Crippen molar-refractivity contribution in [2.24, 2.45) is 15.9 Å². The second kappa shape index (κ2) is 7.55. The molecule has 1 heterocycles. The molecule has 1 aromatic rings. The summed E-state index contributed by atoms with van der Waals surface area (Å²) < 4.78 is 0. The monoisotopic (exact) mass is 329 g/mol. The van der Waals surface area contributed by atoms with Crippen LogP contribution < -0.4 is 5.32 Å². The van der Waals surface area contributed by atoms with Gasteiger partial charge >= 0.3 is 6.03 Å². The Balaban J connectivity index is 1.51. The van der Waals surface area contributed by atoms with Crippen LogP contribution in [0.3, 0.4) is 0 Å². The lowest BCUT2D eigenvalue weighted by atomic mass is 9.87. The minimum absolute atomic E-state index is 0.0473. The van der Waals surface area contributed by atoms with Crippen LogP contribution >= 0.6 is 11.8 Å². The van der Waals surface area contributed by atoms with Crippen molar-refractivity contribution in [1.29, 1.82) is 0 Å². The van der Waals surface area contributed by atoms with Gasteiger partial charge in [-0.15, -0.1) is 11.8 Å². The number of rotatable bonds is 4. The fourth-order valence-corrected chi connectivity index (χ4v) is 3.81. The molecule has 0 radical (unpaired) electrons. The third-order valence-corrected chi connectivity index (χ3v) is 5.08. The first kappa shape index (κ1) is 15.9. The quantitative estimate of drug-likeness (QED) is 0.922. The highest BCUT2D eigenvalue weighted by Crippen LogP contribution is 2.30. The van der Waals surface area contributed by atoms with E-state index in [0.29, 0.717) is 6.54 Å². The smallest absolute Gasteiger partial charge is 0.351 e. The van der Waals surface area contributed by atoms with Crippen molar-refractivity contribution < 1.29 is 9.59 Å². The minimum atomic E-state index is -0.426. The number of nitrogens with zero attached hydrogens (tertiary/aromatic N) is 2. The number of hydrogen-bond donors (Lipinski definition) is 1. The molecule has 1 fully saturated rings. The number of fused-ring (bicyclic) bond motifs is 1. The maximum atomic E-state index is 12.0. The van der Waals surface area contributed by atoms with Crippen LogP contribution in [0.2, 0.25) is 0 Å². The zero-order valence-corrected chi connectivity index (χ0v) is 13.6. The number of hydrogen-bond acceptors (Lipinski definition) is 3. The molecular formula is C17H19N3O2S. The van der Waals surface area contributed by atoms with Crippen LogP contribution in [0.15, 0.2) is 40.3 Å². The van der Waals surface area contributed by atoms with Gasteiger partial charge in [-0.25, -0.2) is 9.79 Å². The molecule has 0 bridgehead atoms. The molecular weight excluding hydrogens is 310 g/mol. The molecule has 1 aromatic carbocycles. The summed E-state index contributed by atoms with van der Waals surface area (Å²) >= 11 is 1.37. The summed E-state index contributed by atoms with van der Waals surface area (Å²) in [4.78, 5) is 31.7. The van der Waals surface area contributed by atoms with E-state index in [1.54, 1.807) is 0 Å². The standard InChI is InChI=1S/C17H19N3O2S/c21-15(18-10-12-6-2-1-3-7-12)11-23-16-13-8-4-5-9-14(13)19-17(22)20-16/h1-3,6-7,13H,4-5,8-11H2,(H,18,21).